The minimum Gasteiger partial charge on any atom is -0.504 e. The summed E-state index contributed by atoms with van der Waals surface area (Å²) < 4.78 is 17.9. The van der Waals surface area contributed by atoms with E-state index in [0.29, 0.717) is 44.5 Å². The highest BCUT2D eigenvalue weighted by molar-refractivity contribution is 9.10. The van der Waals surface area contributed by atoms with E-state index in [0.717, 1.165) is 47.0 Å². The van der Waals surface area contributed by atoms with Crippen LogP contribution in [-0.4, -0.2) is 48.1 Å². The number of hydrogen-bond donors (Lipinski definition) is 2. The molecule has 2 aliphatic heterocycles. The monoisotopic (exact) mass is 491 g/mol. The second kappa shape index (κ2) is 9.67. The fraction of sp³-hybridized carbons (Fsp3) is 0.500. The van der Waals surface area contributed by atoms with Crippen LogP contribution >= 0.6 is 15.9 Å². The molecule has 0 saturated carbocycles. The Balaban J connectivity index is 1.64. The Labute approximate surface area is 191 Å². The molecule has 31 heavy (non-hydrogen) atoms. The molecule has 0 unspecified atom stereocenters. The number of nitrogens with zero attached hydrogens (tertiary/aromatic N) is 1. The number of hydrogen-bond acceptors (Lipinski definition) is 6. The molecule has 2 aliphatic rings. The average Bonchev–Trinajstić information content (AvgIpc) is 2.76. The van der Waals surface area contributed by atoms with Crippen LogP contribution in [0, 0.1) is 0 Å². The van der Waals surface area contributed by atoms with E-state index in [1.54, 1.807) is 6.07 Å². The zero-order chi connectivity index (χ0) is 22.0. The van der Waals surface area contributed by atoms with Crippen LogP contribution in [0.1, 0.15) is 48.6 Å². The van der Waals surface area contributed by atoms with Crippen molar-refractivity contribution in [1.82, 2.24) is 4.90 Å². The van der Waals surface area contributed by atoms with Crippen molar-refractivity contribution in [3.8, 4) is 23.0 Å². The molecular weight excluding hydrogens is 462 g/mol. The van der Waals surface area contributed by atoms with E-state index in [-0.39, 0.29) is 17.5 Å². The summed E-state index contributed by atoms with van der Waals surface area (Å²) in [6.07, 6.45) is 2.57. The topological polar surface area (TPSA) is 71.4 Å². The van der Waals surface area contributed by atoms with Gasteiger partial charge in [0, 0.05) is 35.8 Å². The molecule has 4 rings (SSSR count). The molecule has 0 bridgehead atoms. The quantitative estimate of drug-likeness (QED) is 0.520. The lowest BCUT2D eigenvalue weighted by Gasteiger charge is -2.42. The minimum atomic E-state index is 0.147. The van der Waals surface area contributed by atoms with Gasteiger partial charge in [0.2, 0.25) is 0 Å². The van der Waals surface area contributed by atoms with Gasteiger partial charge in [0.15, 0.2) is 23.0 Å². The Hall–Kier alpha value is -1.96. The highest BCUT2D eigenvalue weighted by Crippen LogP contribution is 2.47. The van der Waals surface area contributed by atoms with Crippen molar-refractivity contribution in [3.63, 3.8) is 0 Å². The average molecular weight is 492 g/mol. The molecule has 6 nitrogen and oxygen atoms in total. The van der Waals surface area contributed by atoms with Crippen LogP contribution in [0.3, 0.4) is 0 Å². The Morgan fingerprint density at radius 2 is 1.87 bits per heavy atom. The van der Waals surface area contributed by atoms with Gasteiger partial charge in [0.25, 0.3) is 0 Å². The van der Waals surface area contributed by atoms with E-state index >= 15 is 0 Å². The molecule has 0 spiro atoms. The molecule has 0 aliphatic carbocycles. The number of ether oxygens (including phenoxy) is 3. The summed E-state index contributed by atoms with van der Waals surface area (Å²) in [5.74, 6) is 1.47. The SMILES string of the molecule is CCCOc1cc2c(cc1O)[C@@H]1Cc3c(Br)cc(O)c(OCCOCC)c3CN1CC2. The molecule has 1 atom stereocenters. The number of fused-ring (bicyclic) bond motifs is 4. The predicted molar refractivity (Wildman–Crippen MR) is 122 cm³/mol. The van der Waals surface area contributed by atoms with E-state index in [2.05, 4.69) is 27.8 Å². The lowest BCUT2D eigenvalue weighted by atomic mass is 9.83. The maximum atomic E-state index is 10.5. The van der Waals surface area contributed by atoms with Crippen molar-refractivity contribution >= 4 is 15.9 Å². The normalized spacial score (nSPS) is 17.6. The first-order valence-corrected chi connectivity index (χ1v) is 11.8. The molecule has 2 heterocycles. The minimum absolute atomic E-state index is 0.147. The molecule has 0 fully saturated rings. The van der Waals surface area contributed by atoms with Crippen molar-refractivity contribution < 1.29 is 24.4 Å². The third-order valence-electron chi connectivity index (χ3n) is 6.01. The van der Waals surface area contributed by atoms with Gasteiger partial charge in [-0.25, -0.2) is 0 Å². The van der Waals surface area contributed by atoms with Crippen LogP contribution in [0.25, 0.3) is 0 Å². The van der Waals surface area contributed by atoms with E-state index in [4.69, 9.17) is 14.2 Å². The van der Waals surface area contributed by atoms with Crippen molar-refractivity contribution in [2.24, 2.45) is 0 Å². The van der Waals surface area contributed by atoms with Crippen LogP contribution < -0.4 is 9.47 Å². The van der Waals surface area contributed by atoms with Crippen molar-refractivity contribution in [2.75, 3.05) is 33.0 Å². The van der Waals surface area contributed by atoms with Crippen LogP contribution in [0.5, 0.6) is 23.0 Å². The van der Waals surface area contributed by atoms with Gasteiger partial charge >= 0.3 is 0 Å². The van der Waals surface area contributed by atoms with E-state index in [1.165, 1.54) is 5.56 Å². The molecule has 0 aromatic heterocycles. The van der Waals surface area contributed by atoms with Gasteiger partial charge in [-0.15, -0.1) is 0 Å². The molecule has 168 valence electrons. The van der Waals surface area contributed by atoms with E-state index in [1.807, 2.05) is 19.1 Å². The molecule has 7 heteroatoms. The van der Waals surface area contributed by atoms with Crippen molar-refractivity contribution in [1.29, 1.82) is 0 Å². The van der Waals surface area contributed by atoms with Gasteiger partial charge in [-0.3, -0.25) is 4.90 Å². The fourth-order valence-electron chi connectivity index (χ4n) is 4.53. The second-order valence-corrected chi connectivity index (χ2v) is 8.87. The smallest absolute Gasteiger partial charge is 0.165 e. The third-order valence-corrected chi connectivity index (χ3v) is 6.72. The lowest BCUT2D eigenvalue weighted by Crippen LogP contribution is -2.39. The van der Waals surface area contributed by atoms with Gasteiger partial charge in [-0.2, -0.15) is 0 Å². The lowest BCUT2D eigenvalue weighted by molar-refractivity contribution is 0.106. The summed E-state index contributed by atoms with van der Waals surface area (Å²) in [6, 6.07) is 5.75. The molecule has 2 N–H and O–H groups in total. The van der Waals surface area contributed by atoms with Gasteiger partial charge in [0.1, 0.15) is 6.61 Å². The highest BCUT2D eigenvalue weighted by atomic mass is 79.9. The van der Waals surface area contributed by atoms with Crippen LogP contribution in [-0.2, 0) is 24.1 Å². The van der Waals surface area contributed by atoms with Gasteiger partial charge in [-0.05, 0) is 61.1 Å². The first-order valence-electron chi connectivity index (χ1n) is 11.0. The number of phenols is 2. The Morgan fingerprint density at radius 1 is 1.03 bits per heavy atom. The Morgan fingerprint density at radius 3 is 2.65 bits per heavy atom. The Bertz CT molecular complexity index is 948. The molecule has 2 aromatic rings. The molecule has 2 aromatic carbocycles. The maximum absolute atomic E-state index is 10.5. The maximum Gasteiger partial charge on any atom is 0.165 e. The zero-order valence-corrected chi connectivity index (χ0v) is 19.7. The third kappa shape index (κ3) is 4.49. The summed E-state index contributed by atoms with van der Waals surface area (Å²) >= 11 is 3.64. The van der Waals surface area contributed by atoms with Gasteiger partial charge < -0.3 is 24.4 Å². The first kappa shape index (κ1) is 22.2. The Kier molecular flexibility index (Phi) is 6.94. The molecule has 0 saturated heterocycles. The molecular formula is C24H30BrNO5. The number of rotatable bonds is 8. The summed E-state index contributed by atoms with van der Waals surface area (Å²) in [7, 11) is 0. The van der Waals surface area contributed by atoms with Crippen LogP contribution in [0.15, 0.2) is 22.7 Å². The van der Waals surface area contributed by atoms with Gasteiger partial charge in [0.05, 0.1) is 13.2 Å². The van der Waals surface area contributed by atoms with Crippen LogP contribution in [0.2, 0.25) is 0 Å². The number of aromatic hydroxyl groups is 2. The van der Waals surface area contributed by atoms with Crippen LogP contribution in [0.4, 0.5) is 0 Å². The largest absolute Gasteiger partial charge is 0.504 e. The number of halogens is 1. The molecule has 0 amide bonds. The zero-order valence-electron chi connectivity index (χ0n) is 18.1. The van der Waals surface area contributed by atoms with E-state index in [9.17, 15) is 10.2 Å². The number of benzene rings is 2. The van der Waals surface area contributed by atoms with Gasteiger partial charge in [-0.1, -0.05) is 22.9 Å². The standard InChI is InChI=1S/C24H30BrNO5/c1-3-7-30-23-10-15-5-6-26-14-18-17(11-20(26)16(15)12-21(23)27)19(25)13-22(28)24(18)31-9-8-29-4-2/h10,12-13,20,27-28H,3-9,11,14H2,1-2H3/t20-/m0/s1. The summed E-state index contributed by atoms with van der Waals surface area (Å²) in [4.78, 5) is 2.40. The molecule has 0 radical (unpaired) electrons. The first-order chi connectivity index (χ1) is 15.0. The van der Waals surface area contributed by atoms with E-state index < -0.39 is 0 Å². The van der Waals surface area contributed by atoms with Crippen molar-refractivity contribution in [3.05, 3.63) is 44.9 Å². The predicted octanol–water partition coefficient (Wildman–Crippen LogP) is 4.72. The summed E-state index contributed by atoms with van der Waals surface area (Å²) in [6.45, 7) is 7.71. The van der Waals surface area contributed by atoms with Crippen molar-refractivity contribution in [2.45, 2.75) is 45.7 Å². The highest BCUT2D eigenvalue weighted by Gasteiger charge is 2.36. The second-order valence-electron chi connectivity index (χ2n) is 8.02. The number of phenolic OH excluding ortho intramolecular Hbond substituents is 2. The fourth-order valence-corrected chi connectivity index (χ4v) is 5.14. The summed E-state index contributed by atoms with van der Waals surface area (Å²) in [5.41, 5.74) is 4.55. The summed E-state index contributed by atoms with van der Waals surface area (Å²) in [5, 5.41) is 21.1.